The summed E-state index contributed by atoms with van der Waals surface area (Å²) in [6.07, 6.45) is -6.77. The Morgan fingerprint density at radius 3 is 1.60 bits per heavy atom. The molecule has 10 heteroatoms. The highest BCUT2D eigenvalue weighted by Gasteiger charge is 2.76. The fraction of sp³-hybridized carbons (Fsp3) is 0.300. The topological polar surface area (TPSA) is 17.1 Å². The number of carbonyl (C=O) groups excluding carboxylic acids is 1. The first-order chi connectivity index (χ1) is 8.84. The first-order valence-electron chi connectivity index (χ1n) is 4.65. The fourth-order valence-electron chi connectivity index (χ4n) is 1.19. The number of carbonyl (C=O) groups is 1. The van der Waals surface area contributed by atoms with E-state index < -0.39 is 41.0 Å². The number of alkyl halides is 7. The van der Waals surface area contributed by atoms with E-state index in [0.29, 0.717) is 6.07 Å². The number of hydrogen-bond acceptors (Lipinski definition) is 1. The summed E-state index contributed by atoms with van der Waals surface area (Å²) in [5, 5.41) is 0. The molecule has 0 saturated heterocycles. The summed E-state index contributed by atoms with van der Waals surface area (Å²) in [6, 6.07) is 1.14. The van der Waals surface area contributed by atoms with Crippen LogP contribution < -0.4 is 0 Å². The predicted octanol–water partition coefficient (Wildman–Crippen LogP) is 3.98. The molecule has 112 valence electrons. The zero-order chi connectivity index (χ0) is 15.9. The Kier molecular flexibility index (Phi) is 3.81. The molecule has 0 spiro atoms. The van der Waals surface area contributed by atoms with Crippen LogP contribution in [0, 0.1) is 11.6 Å². The monoisotopic (exact) mass is 310 g/mol. The summed E-state index contributed by atoms with van der Waals surface area (Å²) in [4.78, 5) is 11.0. The highest BCUT2D eigenvalue weighted by atomic mass is 19.4. The third-order valence-electron chi connectivity index (χ3n) is 2.23. The van der Waals surface area contributed by atoms with Gasteiger partial charge in [-0.2, -0.15) is 30.7 Å². The van der Waals surface area contributed by atoms with Crippen molar-refractivity contribution in [3.8, 4) is 0 Å². The molecule has 1 aromatic rings. The summed E-state index contributed by atoms with van der Waals surface area (Å²) in [6.45, 7) is 0. The van der Waals surface area contributed by atoms with Gasteiger partial charge in [0, 0.05) is 0 Å². The second-order valence-electron chi connectivity index (χ2n) is 3.57. The minimum Gasteiger partial charge on any atom is -0.287 e. The smallest absolute Gasteiger partial charge is 0.287 e. The molecule has 0 fully saturated rings. The van der Waals surface area contributed by atoms with E-state index in [2.05, 4.69) is 0 Å². The van der Waals surface area contributed by atoms with Crippen LogP contribution >= 0.6 is 0 Å². The summed E-state index contributed by atoms with van der Waals surface area (Å²) in [5.41, 5.74) is -2.17. The van der Waals surface area contributed by atoms with Crippen molar-refractivity contribution in [3.63, 3.8) is 0 Å². The molecular weight excluding hydrogens is 307 g/mol. The van der Waals surface area contributed by atoms with E-state index in [9.17, 15) is 44.3 Å². The van der Waals surface area contributed by atoms with Crippen LogP contribution in [0.2, 0.25) is 0 Å². The van der Waals surface area contributed by atoms with Crippen LogP contribution in [0.4, 0.5) is 39.5 Å². The maximum atomic E-state index is 13.0. The van der Waals surface area contributed by atoms with Gasteiger partial charge in [0.05, 0.1) is 5.56 Å². The Bertz CT molecular complexity index is 512. The first-order valence-corrected chi connectivity index (χ1v) is 4.65. The standard InChI is InChI=1S/C10H3F9O/c11-4-2-1-3-5(12)6(4)7(20)8(13,14)9(15,16)10(17,18)19/h1-3H. The maximum Gasteiger partial charge on any atom is 0.460 e. The van der Waals surface area contributed by atoms with Crippen molar-refractivity contribution >= 4 is 5.78 Å². The lowest BCUT2D eigenvalue weighted by Crippen LogP contribution is -2.56. The molecule has 1 rings (SSSR count). The van der Waals surface area contributed by atoms with Gasteiger partial charge in [-0.05, 0) is 12.1 Å². The minimum absolute atomic E-state index is 0.262. The molecule has 0 amide bonds. The van der Waals surface area contributed by atoms with Gasteiger partial charge in [0.1, 0.15) is 11.6 Å². The van der Waals surface area contributed by atoms with Crippen molar-refractivity contribution in [1.29, 1.82) is 0 Å². The van der Waals surface area contributed by atoms with E-state index in [0.717, 1.165) is 0 Å². The Morgan fingerprint density at radius 1 is 0.850 bits per heavy atom. The van der Waals surface area contributed by atoms with E-state index >= 15 is 0 Å². The lowest BCUT2D eigenvalue weighted by atomic mass is 9.99. The number of Topliss-reactive ketones (excluding diaryl/α,β-unsaturated/α-hetero) is 1. The quantitative estimate of drug-likeness (QED) is 0.609. The molecule has 20 heavy (non-hydrogen) atoms. The molecule has 0 aromatic heterocycles. The minimum atomic E-state index is -6.77. The fourth-order valence-corrected chi connectivity index (χ4v) is 1.19. The van der Waals surface area contributed by atoms with Crippen LogP contribution in [0.15, 0.2) is 18.2 Å². The average molecular weight is 310 g/mol. The van der Waals surface area contributed by atoms with Crippen LogP contribution in [0.25, 0.3) is 0 Å². The summed E-state index contributed by atoms with van der Waals surface area (Å²) in [5.74, 6) is -20.4. The molecule has 1 aromatic carbocycles. The SMILES string of the molecule is O=C(c1c(F)cccc1F)C(F)(F)C(F)(F)C(F)(F)F. The normalized spacial score (nSPS) is 13.4. The van der Waals surface area contributed by atoms with Gasteiger partial charge in [-0.15, -0.1) is 0 Å². The molecular formula is C10H3F9O. The molecule has 1 nitrogen and oxygen atoms in total. The Morgan fingerprint density at radius 2 is 1.25 bits per heavy atom. The average Bonchev–Trinajstić information content (AvgIpc) is 2.26. The van der Waals surface area contributed by atoms with Crippen molar-refractivity contribution in [3.05, 3.63) is 35.4 Å². The predicted molar refractivity (Wildman–Crippen MR) is 46.6 cm³/mol. The molecule has 0 atom stereocenters. The molecule has 0 aliphatic carbocycles. The zero-order valence-corrected chi connectivity index (χ0v) is 9.04. The van der Waals surface area contributed by atoms with Crippen molar-refractivity contribution in [2.75, 3.05) is 0 Å². The molecule has 0 radical (unpaired) electrons. The third kappa shape index (κ3) is 2.34. The number of rotatable bonds is 3. The summed E-state index contributed by atoms with van der Waals surface area (Å²) >= 11 is 0. The second-order valence-corrected chi connectivity index (χ2v) is 3.57. The van der Waals surface area contributed by atoms with Gasteiger partial charge < -0.3 is 0 Å². The lowest BCUT2D eigenvalue weighted by molar-refractivity contribution is -0.339. The van der Waals surface area contributed by atoms with Crippen molar-refractivity contribution in [2.45, 2.75) is 18.0 Å². The van der Waals surface area contributed by atoms with Crippen molar-refractivity contribution < 1.29 is 44.3 Å². The zero-order valence-electron chi connectivity index (χ0n) is 9.04. The van der Waals surface area contributed by atoms with E-state index in [1.165, 1.54) is 0 Å². The van der Waals surface area contributed by atoms with Gasteiger partial charge in [-0.25, -0.2) is 8.78 Å². The van der Waals surface area contributed by atoms with E-state index in [-0.39, 0.29) is 12.1 Å². The van der Waals surface area contributed by atoms with Gasteiger partial charge in [0.15, 0.2) is 0 Å². The van der Waals surface area contributed by atoms with Gasteiger partial charge >= 0.3 is 18.0 Å². The molecule has 0 unspecified atom stereocenters. The van der Waals surface area contributed by atoms with Gasteiger partial charge in [0.25, 0.3) is 0 Å². The highest BCUT2D eigenvalue weighted by molar-refractivity contribution is 6.02. The second kappa shape index (κ2) is 4.67. The van der Waals surface area contributed by atoms with Gasteiger partial charge in [-0.1, -0.05) is 6.07 Å². The van der Waals surface area contributed by atoms with Crippen LogP contribution in [0.1, 0.15) is 10.4 Å². The van der Waals surface area contributed by atoms with Crippen LogP contribution in [-0.2, 0) is 0 Å². The largest absolute Gasteiger partial charge is 0.460 e. The number of hydrogen-bond donors (Lipinski definition) is 0. The molecule has 0 heterocycles. The number of benzene rings is 1. The summed E-state index contributed by atoms with van der Waals surface area (Å²) in [7, 11) is 0. The summed E-state index contributed by atoms with van der Waals surface area (Å²) < 4.78 is 113. The molecule has 0 bridgehead atoms. The van der Waals surface area contributed by atoms with E-state index in [1.54, 1.807) is 0 Å². The first kappa shape index (κ1) is 16.3. The maximum absolute atomic E-state index is 13.0. The van der Waals surface area contributed by atoms with Crippen LogP contribution in [0.3, 0.4) is 0 Å². The van der Waals surface area contributed by atoms with Crippen LogP contribution in [-0.4, -0.2) is 23.8 Å². The molecule has 0 aliphatic heterocycles. The van der Waals surface area contributed by atoms with E-state index in [1.807, 2.05) is 0 Å². The lowest BCUT2D eigenvalue weighted by Gasteiger charge is -2.27. The number of halogens is 9. The van der Waals surface area contributed by atoms with Crippen molar-refractivity contribution in [1.82, 2.24) is 0 Å². The van der Waals surface area contributed by atoms with Gasteiger partial charge in [0.2, 0.25) is 5.78 Å². The molecule has 0 aliphatic rings. The Balaban J connectivity index is 3.40. The number of ketones is 1. The van der Waals surface area contributed by atoms with Gasteiger partial charge in [-0.3, -0.25) is 4.79 Å². The van der Waals surface area contributed by atoms with E-state index in [4.69, 9.17) is 0 Å². The third-order valence-corrected chi connectivity index (χ3v) is 2.23. The molecule has 0 N–H and O–H groups in total. The van der Waals surface area contributed by atoms with Crippen LogP contribution in [0.5, 0.6) is 0 Å². The molecule has 0 saturated carbocycles. The Hall–Kier alpha value is -1.74. The Labute approximate surface area is 105 Å². The van der Waals surface area contributed by atoms with Crippen molar-refractivity contribution in [2.24, 2.45) is 0 Å². The highest BCUT2D eigenvalue weighted by Crippen LogP contribution is 2.48.